The third-order valence-electron chi connectivity index (χ3n) is 3.58. The van der Waals surface area contributed by atoms with E-state index in [0.29, 0.717) is 18.2 Å². The Kier molecular flexibility index (Phi) is 3.86. The monoisotopic (exact) mass is 300 g/mol. The highest BCUT2D eigenvalue weighted by Crippen LogP contribution is 2.26. The van der Waals surface area contributed by atoms with Gasteiger partial charge in [0.1, 0.15) is 12.4 Å². The molecule has 4 heteroatoms. The lowest BCUT2D eigenvalue weighted by Gasteiger charge is -2.06. The lowest BCUT2D eigenvalue weighted by atomic mass is 10.1. The van der Waals surface area contributed by atoms with Crippen LogP contribution in [-0.4, -0.2) is 4.57 Å². The number of rotatable bonds is 4. The standard InChI is InChI=1S/C17H17ClN2O/c1-20-10-13(11-21-15-6-3-5-14(18)8-15)16-7-2-4-12(9-19)17(16)20/h2-8,10H,9,11,19H2,1H3. The molecule has 0 aliphatic carbocycles. The topological polar surface area (TPSA) is 40.2 Å². The van der Waals surface area contributed by atoms with E-state index in [9.17, 15) is 0 Å². The van der Waals surface area contributed by atoms with Crippen molar-refractivity contribution in [3.05, 3.63) is 64.8 Å². The van der Waals surface area contributed by atoms with Gasteiger partial charge in [-0.05, 0) is 23.8 Å². The van der Waals surface area contributed by atoms with Crippen LogP contribution in [0.3, 0.4) is 0 Å². The maximum atomic E-state index is 5.97. The third-order valence-corrected chi connectivity index (χ3v) is 3.81. The molecule has 0 aliphatic rings. The van der Waals surface area contributed by atoms with E-state index in [1.807, 2.05) is 37.4 Å². The van der Waals surface area contributed by atoms with E-state index in [1.165, 1.54) is 10.9 Å². The predicted octanol–water partition coefficient (Wildman–Crippen LogP) is 3.87. The number of aromatic nitrogens is 1. The molecule has 3 rings (SSSR count). The zero-order valence-electron chi connectivity index (χ0n) is 11.8. The Morgan fingerprint density at radius 1 is 1.14 bits per heavy atom. The van der Waals surface area contributed by atoms with Crippen LogP contribution < -0.4 is 10.5 Å². The Labute approximate surface area is 128 Å². The smallest absolute Gasteiger partial charge is 0.121 e. The quantitative estimate of drug-likeness (QED) is 0.794. The Morgan fingerprint density at radius 3 is 2.71 bits per heavy atom. The molecule has 3 aromatic rings. The van der Waals surface area contributed by atoms with Crippen molar-refractivity contribution < 1.29 is 4.74 Å². The summed E-state index contributed by atoms with van der Waals surface area (Å²) in [5.41, 5.74) is 9.27. The Hall–Kier alpha value is -1.97. The number of hydrogen-bond donors (Lipinski definition) is 1. The van der Waals surface area contributed by atoms with Gasteiger partial charge in [0.05, 0.1) is 5.52 Å². The second kappa shape index (κ2) is 5.80. The summed E-state index contributed by atoms with van der Waals surface area (Å²) in [6, 6.07) is 13.6. The molecular weight excluding hydrogens is 284 g/mol. The summed E-state index contributed by atoms with van der Waals surface area (Å²) in [6.07, 6.45) is 2.09. The van der Waals surface area contributed by atoms with Gasteiger partial charge in [0.15, 0.2) is 0 Å². The van der Waals surface area contributed by atoms with E-state index in [4.69, 9.17) is 22.1 Å². The number of aryl methyl sites for hydroxylation is 1. The van der Waals surface area contributed by atoms with E-state index in [0.717, 1.165) is 16.9 Å². The molecule has 21 heavy (non-hydrogen) atoms. The molecule has 1 aromatic heterocycles. The van der Waals surface area contributed by atoms with E-state index in [1.54, 1.807) is 0 Å². The van der Waals surface area contributed by atoms with Gasteiger partial charge in [-0.15, -0.1) is 0 Å². The normalized spacial score (nSPS) is 11.0. The van der Waals surface area contributed by atoms with Crippen molar-refractivity contribution in [3.8, 4) is 5.75 Å². The third kappa shape index (κ3) is 2.75. The highest BCUT2D eigenvalue weighted by molar-refractivity contribution is 6.30. The van der Waals surface area contributed by atoms with Gasteiger partial charge in [-0.2, -0.15) is 0 Å². The molecule has 0 spiro atoms. The molecule has 0 saturated carbocycles. The molecule has 0 unspecified atom stereocenters. The first-order chi connectivity index (χ1) is 10.2. The van der Waals surface area contributed by atoms with Gasteiger partial charge >= 0.3 is 0 Å². The minimum atomic E-state index is 0.506. The van der Waals surface area contributed by atoms with Crippen molar-refractivity contribution in [1.82, 2.24) is 4.57 Å². The zero-order valence-corrected chi connectivity index (χ0v) is 12.6. The molecule has 108 valence electrons. The summed E-state index contributed by atoms with van der Waals surface area (Å²) in [6.45, 7) is 1.04. The Bertz CT molecular complexity index is 780. The minimum absolute atomic E-state index is 0.506. The average Bonchev–Trinajstić information content (AvgIpc) is 2.82. The molecule has 0 aliphatic heterocycles. The van der Waals surface area contributed by atoms with E-state index >= 15 is 0 Å². The van der Waals surface area contributed by atoms with Gasteiger partial charge in [-0.3, -0.25) is 0 Å². The predicted molar refractivity (Wildman–Crippen MR) is 86.6 cm³/mol. The van der Waals surface area contributed by atoms with Crippen LogP contribution >= 0.6 is 11.6 Å². The lowest BCUT2D eigenvalue weighted by molar-refractivity contribution is 0.307. The summed E-state index contributed by atoms with van der Waals surface area (Å²) >= 11 is 5.97. The van der Waals surface area contributed by atoms with E-state index < -0.39 is 0 Å². The first kappa shape index (κ1) is 14.0. The fraction of sp³-hybridized carbons (Fsp3) is 0.176. The molecule has 2 N–H and O–H groups in total. The number of fused-ring (bicyclic) bond motifs is 1. The van der Waals surface area contributed by atoms with Crippen molar-refractivity contribution in [1.29, 1.82) is 0 Å². The largest absolute Gasteiger partial charge is 0.489 e. The molecule has 0 amide bonds. The van der Waals surface area contributed by atoms with Gasteiger partial charge in [-0.25, -0.2) is 0 Å². The van der Waals surface area contributed by atoms with Crippen LogP contribution in [0, 0.1) is 0 Å². The number of nitrogens with two attached hydrogens (primary N) is 1. The number of benzene rings is 2. The van der Waals surface area contributed by atoms with Crippen molar-refractivity contribution in [2.45, 2.75) is 13.2 Å². The molecule has 0 fully saturated rings. The van der Waals surface area contributed by atoms with Crippen LogP contribution in [0.25, 0.3) is 10.9 Å². The maximum absolute atomic E-state index is 5.97. The van der Waals surface area contributed by atoms with Crippen LogP contribution in [0.2, 0.25) is 5.02 Å². The Morgan fingerprint density at radius 2 is 1.95 bits per heavy atom. The summed E-state index contributed by atoms with van der Waals surface area (Å²) in [5, 5.41) is 1.86. The number of para-hydroxylation sites is 1. The van der Waals surface area contributed by atoms with Crippen molar-refractivity contribution in [2.75, 3.05) is 0 Å². The molecule has 0 radical (unpaired) electrons. The van der Waals surface area contributed by atoms with E-state index in [-0.39, 0.29) is 0 Å². The molecule has 0 atom stereocenters. The van der Waals surface area contributed by atoms with Crippen LogP contribution in [0.1, 0.15) is 11.1 Å². The highest BCUT2D eigenvalue weighted by atomic mass is 35.5. The first-order valence-corrected chi connectivity index (χ1v) is 7.21. The summed E-state index contributed by atoms with van der Waals surface area (Å²) in [4.78, 5) is 0. The van der Waals surface area contributed by atoms with Gasteiger partial charge in [0.2, 0.25) is 0 Å². The fourth-order valence-electron chi connectivity index (χ4n) is 2.63. The highest BCUT2D eigenvalue weighted by Gasteiger charge is 2.10. The van der Waals surface area contributed by atoms with Crippen LogP contribution in [0.15, 0.2) is 48.7 Å². The second-order valence-corrected chi connectivity index (χ2v) is 5.47. The van der Waals surface area contributed by atoms with Gasteiger partial charge in [-0.1, -0.05) is 35.9 Å². The zero-order chi connectivity index (χ0) is 14.8. The molecule has 3 nitrogen and oxygen atoms in total. The SMILES string of the molecule is Cn1cc(COc2cccc(Cl)c2)c2cccc(CN)c21. The van der Waals surface area contributed by atoms with E-state index in [2.05, 4.69) is 22.9 Å². The number of hydrogen-bond acceptors (Lipinski definition) is 2. The Balaban J connectivity index is 1.91. The van der Waals surface area contributed by atoms with Crippen LogP contribution in [0.5, 0.6) is 5.75 Å². The first-order valence-electron chi connectivity index (χ1n) is 6.83. The second-order valence-electron chi connectivity index (χ2n) is 5.03. The molecule has 2 aromatic carbocycles. The minimum Gasteiger partial charge on any atom is -0.489 e. The molecule has 0 bridgehead atoms. The van der Waals surface area contributed by atoms with Crippen LogP contribution in [-0.2, 0) is 20.2 Å². The number of ether oxygens (including phenoxy) is 1. The van der Waals surface area contributed by atoms with Crippen LogP contribution in [0.4, 0.5) is 0 Å². The number of halogens is 1. The van der Waals surface area contributed by atoms with Crippen molar-refractivity contribution in [2.24, 2.45) is 12.8 Å². The molecule has 0 saturated heterocycles. The van der Waals surface area contributed by atoms with Gasteiger partial charge < -0.3 is 15.0 Å². The molecular formula is C17H17ClN2O. The van der Waals surface area contributed by atoms with Gasteiger partial charge in [0.25, 0.3) is 0 Å². The summed E-state index contributed by atoms with van der Waals surface area (Å²) < 4.78 is 7.94. The van der Waals surface area contributed by atoms with Crippen molar-refractivity contribution >= 4 is 22.5 Å². The summed E-state index contributed by atoms with van der Waals surface area (Å²) in [7, 11) is 2.03. The van der Waals surface area contributed by atoms with Crippen molar-refractivity contribution in [3.63, 3.8) is 0 Å². The average molecular weight is 301 g/mol. The fourth-order valence-corrected chi connectivity index (χ4v) is 2.81. The van der Waals surface area contributed by atoms with Gasteiger partial charge in [0, 0.05) is 35.8 Å². The lowest BCUT2D eigenvalue weighted by Crippen LogP contribution is -1.99. The molecule has 1 heterocycles. The number of nitrogens with zero attached hydrogens (tertiary/aromatic N) is 1. The summed E-state index contributed by atoms with van der Waals surface area (Å²) in [5.74, 6) is 0.773. The maximum Gasteiger partial charge on any atom is 0.121 e.